The molecule has 0 saturated carbocycles. The molecule has 2 nitrogen and oxygen atoms in total. The van der Waals surface area contributed by atoms with Crippen molar-refractivity contribution in [3.05, 3.63) is 230 Å². The quantitative estimate of drug-likeness (QED) is 0.157. The second-order valence-corrected chi connectivity index (χ2v) is 16.2. The van der Waals surface area contributed by atoms with Crippen LogP contribution in [-0.2, 0) is 5.41 Å². The van der Waals surface area contributed by atoms with Crippen molar-refractivity contribution in [2.75, 3.05) is 4.90 Å². The molecule has 11 rings (SSSR count). The van der Waals surface area contributed by atoms with Gasteiger partial charge in [-0.15, -0.1) is 0 Å². The number of nitrogens with zero attached hydrogens (tertiary/aromatic N) is 2. The first-order chi connectivity index (χ1) is 29.0. The Hall–Kier alpha value is -7.42. The van der Waals surface area contributed by atoms with Gasteiger partial charge in [0.25, 0.3) is 0 Å². The molecule has 1 aromatic heterocycles. The van der Waals surface area contributed by atoms with E-state index in [0.717, 1.165) is 17.1 Å². The monoisotopic (exact) mass is 754 g/mol. The number of fused-ring (bicyclic) bond motifs is 6. The molecule has 1 aliphatic rings. The van der Waals surface area contributed by atoms with Crippen molar-refractivity contribution in [3.8, 4) is 50.3 Å². The Morgan fingerprint density at radius 3 is 1.51 bits per heavy atom. The van der Waals surface area contributed by atoms with Crippen LogP contribution in [-0.4, -0.2) is 4.57 Å². The van der Waals surface area contributed by atoms with E-state index in [0.29, 0.717) is 0 Å². The summed E-state index contributed by atoms with van der Waals surface area (Å²) in [4.78, 5) is 2.36. The van der Waals surface area contributed by atoms with Crippen LogP contribution in [0.1, 0.15) is 25.0 Å². The van der Waals surface area contributed by atoms with Crippen LogP contribution in [0.3, 0.4) is 0 Å². The van der Waals surface area contributed by atoms with Gasteiger partial charge in [0, 0.05) is 39.1 Å². The van der Waals surface area contributed by atoms with E-state index < -0.39 is 0 Å². The van der Waals surface area contributed by atoms with Gasteiger partial charge in [-0.05, 0) is 122 Å². The molecule has 0 unspecified atom stereocenters. The van der Waals surface area contributed by atoms with Gasteiger partial charge in [0.1, 0.15) is 0 Å². The molecule has 0 atom stereocenters. The predicted octanol–water partition coefficient (Wildman–Crippen LogP) is 15.6. The second kappa shape index (κ2) is 13.9. The molecule has 10 aromatic rings. The lowest BCUT2D eigenvalue weighted by Crippen LogP contribution is -2.14. The summed E-state index contributed by atoms with van der Waals surface area (Å²) in [5, 5.41) is 3.81. The number of hydrogen-bond acceptors (Lipinski definition) is 1. The first kappa shape index (κ1) is 34.8. The maximum atomic E-state index is 2.47. The first-order valence-electron chi connectivity index (χ1n) is 20.5. The number of para-hydroxylation sites is 1. The predicted molar refractivity (Wildman–Crippen MR) is 249 cm³/mol. The van der Waals surface area contributed by atoms with Crippen LogP contribution >= 0.6 is 0 Å². The number of anilines is 3. The third-order valence-electron chi connectivity index (χ3n) is 12.4. The Labute approximate surface area is 345 Å². The number of rotatable bonds is 7. The molecule has 1 heterocycles. The van der Waals surface area contributed by atoms with Crippen molar-refractivity contribution in [2.45, 2.75) is 19.3 Å². The van der Waals surface area contributed by atoms with Crippen LogP contribution in [0.2, 0.25) is 0 Å². The van der Waals surface area contributed by atoms with Crippen molar-refractivity contribution >= 4 is 38.7 Å². The average Bonchev–Trinajstić information content (AvgIpc) is 3.77. The normalized spacial score (nSPS) is 12.7. The van der Waals surface area contributed by atoms with Gasteiger partial charge >= 0.3 is 0 Å². The van der Waals surface area contributed by atoms with Crippen molar-refractivity contribution < 1.29 is 0 Å². The van der Waals surface area contributed by atoms with Gasteiger partial charge in [0.15, 0.2) is 0 Å². The summed E-state index contributed by atoms with van der Waals surface area (Å²) in [5.74, 6) is 0. The summed E-state index contributed by atoms with van der Waals surface area (Å²) in [6.45, 7) is 4.76. The Morgan fingerprint density at radius 1 is 0.390 bits per heavy atom. The molecule has 0 bridgehead atoms. The van der Waals surface area contributed by atoms with Gasteiger partial charge in [-0.2, -0.15) is 0 Å². The molecule has 0 saturated heterocycles. The Morgan fingerprint density at radius 2 is 0.864 bits per heavy atom. The van der Waals surface area contributed by atoms with Crippen LogP contribution in [0.4, 0.5) is 17.1 Å². The third kappa shape index (κ3) is 5.87. The lowest BCUT2D eigenvalue weighted by molar-refractivity contribution is 0.666. The van der Waals surface area contributed by atoms with E-state index in [1.165, 1.54) is 83.1 Å². The molecule has 59 heavy (non-hydrogen) atoms. The van der Waals surface area contributed by atoms with Gasteiger partial charge < -0.3 is 9.47 Å². The Kier molecular flexibility index (Phi) is 8.20. The lowest BCUT2D eigenvalue weighted by Gasteiger charge is -2.26. The summed E-state index contributed by atoms with van der Waals surface area (Å²) in [6, 6.07) is 79.6. The highest BCUT2D eigenvalue weighted by Gasteiger charge is 2.40. The Bertz CT molecular complexity index is 3140. The highest BCUT2D eigenvalue weighted by atomic mass is 15.1. The van der Waals surface area contributed by atoms with Gasteiger partial charge in [-0.1, -0.05) is 166 Å². The summed E-state index contributed by atoms with van der Waals surface area (Å²) in [6.07, 6.45) is 0. The van der Waals surface area contributed by atoms with Crippen LogP contribution < -0.4 is 4.90 Å². The summed E-state index contributed by atoms with van der Waals surface area (Å²) in [7, 11) is 0. The molecular weight excluding hydrogens is 713 g/mol. The van der Waals surface area contributed by atoms with E-state index in [2.05, 4.69) is 242 Å². The highest BCUT2D eigenvalue weighted by Crippen LogP contribution is 2.54. The summed E-state index contributed by atoms with van der Waals surface area (Å²) < 4.78 is 2.47. The van der Waals surface area contributed by atoms with Gasteiger partial charge in [-0.3, -0.25) is 0 Å². The minimum Gasteiger partial charge on any atom is -0.311 e. The van der Waals surface area contributed by atoms with Crippen molar-refractivity contribution in [1.82, 2.24) is 4.57 Å². The van der Waals surface area contributed by atoms with Gasteiger partial charge in [0.2, 0.25) is 0 Å². The Balaban J connectivity index is 0.991. The molecule has 0 aliphatic heterocycles. The van der Waals surface area contributed by atoms with Gasteiger partial charge in [0.05, 0.1) is 11.2 Å². The van der Waals surface area contributed by atoms with Crippen LogP contribution in [0, 0.1) is 0 Å². The van der Waals surface area contributed by atoms with E-state index in [1.807, 2.05) is 0 Å². The highest BCUT2D eigenvalue weighted by molar-refractivity contribution is 6.01. The molecule has 1 aliphatic carbocycles. The van der Waals surface area contributed by atoms with E-state index in [-0.39, 0.29) is 5.41 Å². The number of aromatic nitrogens is 1. The second-order valence-electron chi connectivity index (χ2n) is 16.2. The maximum absolute atomic E-state index is 2.47. The average molecular weight is 755 g/mol. The van der Waals surface area contributed by atoms with Crippen molar-refractivity contribution in [1.29, 1.82) is 0 Å². The van der Waals surface area contributed by atoms with Crippen LogP contribution in [0.15, 0.2) is 218 Å². The minimum atomic E-state index is -0.132. The van der Waals surface area contributed by atoms with Gasteiger partial charge in [-0.25, -0.2) is 0 Å². The fraction of sp³-hybridized carbons (Fsp3) is 0.0526. The van der Waals surface area contributed by atoms with E-state index in [1.54, 1.807) is 0 Å². The minimum absolute atomic E-state index is 0.132. The zero-order valence-electron chi connectivity index (χ0n) is 33.2. The first-order valence-corrected chi connectivity index (χ1v) is 20.5. The molecular formula is C57H42N2. The molecule has 2 heteroatoms. The van der Waals surface area contributed by atoms with E-state index >= 15 is 0 Å². The number of hydrogen-bond donors (Lipinski definition) is 0. The molecule has 0 fully saturated rings. The lowest BCUT2D eigenvalue weighted by atomic mass is 9.81. The van der Waals surface area contributed by atoms with Crippen LogP contribution in [0.5, 0.6) is 0 Å². The topological polar surface area (TPSA) is 8.17 Å². The molecule has 280 valence electrons. The van der Waals surface area contributed by atoms with Crippen molar-refractivity contribution in [2.24, 2.45) is 0 Å². The maximum Gasteiger partial charge on any atom is 0.0584 e. The SMILES string of the molecule is CC1(C)c2ccccc2-c2c1c1cc(-c3ccc(N(c4ccc(-c5ccccc5)cc4)c4ccc(-c5ccc6ccccc6c5)cc4)cc3)ccc1n2-c1ccccc1. The smallest absolute Gasteiger partial charge is 0.0584 e. The summed E-state index contributed by atoms with van der Waals surface area (Å²) in [5.41, 5.74) is 18.2. The zero-order chi connectivity index (χ0) is 39.5. The molecule has 9 aromatic carbocycles. The third-order valence-corrected chi connectivity index (χ3v) is 12.4. The zero-order valence-corrected chi connectivity index (χ0v) is 33.2. The fourth-order valence-electron chi connectivity index (χ4n) is 9.43. The largest absolute Gasteiger partial charge is 0.311 e. The molecule has 0 amide bonds. The summed E-state index contributed by atoms with van der Waals surface area (Å²) >= 11 is 0. The van der Waals surface area contributed by atoms with Crippen molar-refractivity contribution in [3.63, 3.8) is 0 Å². The standard InChI is InChI=1S/C57H42N2/c1-57(2)53-20-12-11-19-51(53)56-55(57)52-38-46(29-36-54(52)59(56)47-17-7-4-8-18-47)43-27-34-50(35-28-43)58(48-30-23-41(24-31-48)39-13-5-3-6-14-39)49-32-25-42(26-33-49)45-22-21-40-15-9-10-16-44(40)37-45/h3-38H,1-2H3. The number of benzene rings is 9. The van der Waals surface area contributed by atoms with Crippen LogP contribution in [0.25, 0.3) is 72.0 Å². The molecule has 0 radical (unpaired) electrons. The molecule has 0 spiro atoms. The van der Waals surface area contributed by atoms with E-state index in [9.17, 15) is 0 Å². The molecule has 0 N–H and O–H groups in total. The van der Waals surface area contributed by atoms with E-state index in [4.69, 9.17) is 0 Å². The fourth-order valence-corrected chi connectivity index (χ4v) is 9.43.